The molecule has 0 bridgehead atoms. The first-order valence-electron chi connectivity index (χ1n) is 6.67. The zero-order chi connectivity index (χ0) is 14.5. The molecule has 4 nitrogen and oxygen atoms in total. The molecule has 106 valence electrons. The molecule has 0 saturated carbocycles. The topological polar surface area (TPSA) is 46.9 Å². The molecule has 0 saturated heterocycles. The second-order valence-corrected chi connectivity index (χ2v) is 4.62. The van der Waals surface area contributed by atoms with Crippen LogP contribution in [0.25, 0.3) is 11.3 Å². The van der Waals surface area contributed by atoms with Gasteiger partial charge in [0.05, 0.1) is 5.69 Å². The van der Waals surface area contributed by atoms with E-state index in [1.54, 1.807) is 25.2 Å². The van der Waals surface area contributed by atoms with Crippen LogP contribution >= 0.6 is 0 Å². The number of nitrogens with one attached hydrogen (secondary N) is 1. The maximum absolute atomic E-state index is 13.0. The second kappa shape index (κ2) is 6.43. The van der Waals surface area contributed by atoms with Crippen LogP contribution in [0.3, 0.4) is 0 Å². The van der Waals surface area contributed by atoms with E-state index in [4.69, 9.17) is 0 Å². The Kier molecular flexibility index (Phi) is 4.63. The third-order valence-electron chi connectivity index (χ3n) is 2.99. The van der Waals surface area contributed by atoms with Gasteiger partial charge in [-0.25, -0.2) is 9.07 Å². The minimum Gasteiger partial charge on any atom is -0.315 e. The quantitative estimate of drug-likeness (QED) is 0.909. The van der Waals surface area contributed by atoms with Crippen LogP contribution in [0.15, 0.2) is 35.1 Å². The van der Waals surface area contributed by atoms with Crippen molar-refractivity contribution in [2.45, 2.75) is 26.4 Å². The van der Waals surface area contributed by atoms with Crippen LogP contribution in [-0.4, -0.2) is 16.8 Å². The number of rotatable bonds is 5. The van der Waals surface area contributed by atoms with Crippen molar-refractivity contribution in [1.29, 1.82) is 0 Å². The van der Waals surface area contributed by atoms with Crippen molar-refractivity contribution in [2.24, 2.45) is 0 Å². The predicted octanol–water partition coefficient (Wildman–Crippen LogP) is 2.18. The average Bonchev–Trinajstić information content (AvgIpc) is 2.44. The largest absolute Gasteiger partial charge is 0.315 e. The molecule has 0 atom stereocenters. The van der Waals surface area contributed by atoms with E-state index in [0.717, 1.165) is 12.0 Å². The van der Waals surface area contributed by atoms with Crippen molar-refractivity contribution in [3.05, 3.63) is 52.1 Å². The lowest BCUT2D eigenvalue weighted by molar-refractivity contribution is 0.561. The lowest BCUT2D eigenvalue weighted by Crippen LogP contribution is -2.28. The van der Waals surface area contributed by atoms with Gasteiger partial charge in [-0.3, -0.25) is 4.79 Å². The molecule has 2 aromatic rings. The number of halogens is 1. The van der Waals surface area contributed by atoms with Crippen molar-refractivity contribution in [1.82, 2.24) is 15.1 Å². The van der Waals surface area contributed by atoms with Crippen LogP contribution in [0.5, 0.6) is 0 Å². The van der Waals surface area contributed by atoms with E-state index in [1.165, 1.54) is 16.8 Å². The first-order valence-corrected chi connectivity index (χ1v) is 6.67. The molecular weight excluding hydrogens is 257 g/mol. The van der Waals surface area contributed by atoms with E-state index in [9.17, 15) is 9.18 Å². The lowest BCUT2D eigenvalue weighted by Gasteiger charge is -2.10. The minimum absolute atomic E-state index is 0.0768. The maximum Gasteiger partial charge on any atom is 0.271 e. The molecule has 5 heteroatoms. The molecule has 0 aliphatic carbocycles. The fraction of sp³-hybridized carbons (Fsp3) is 0.333. The molecule has 20 heavy (non-hydrogen) atoms. The van der Waals surface area contributed by atoms with Crippen molar-refractivity contribution < 1.29 is 4.39 Å². The molecule has 0 aliphatic heterocycles. The number of benzene rings is 1. The molecule has 0 amide bonds. The van der Waals surface area contributed by atoms with Gasteiger partial charge in [0.25, 0.3) is 5.56 Å². The van der Waals surface area contributed by atoms with E-state index < -0.39 is 0 Å². The summed E-state index contributed by atoms with van der Waals surface area (Å²) in [4.78, 5) is 12.2. The highest BCUT2D eigenvalue weighted by Gasteiger charge is 2.09. The molecule has 1 heterocycles. The van der Waals surface area contributed by atoms with Crippen LogP contribution < -0.4 is 10.9 Å². The van der Waals surface area contributed by atoms with Gasteiger partial charge in [-0.1, -0.05) is 6.92 Å². The molecule has 1 aromatic heterocycles. The van der Waals surface area contributed by atoms with Crippen LogP contribution in [-0.2, 0) is 13.1 Å². The summed E-state index contributed by atoms with van der Waals surface area (Å²) < 4.78 is 14.5. The van der Waals surface area contributed by atoms with Gasteiger partial charge in [0.15, 0.2) is 0 Å². The van der Waals surface area contributed by atoms with E-state index in [0.29, 0.717) is 24.3 Å². The van der Waals surface area contributed by atoms with Gasteiger partial charge >= 0.3 is 0 Å². The molecule has 0 fully saturated rings. The van der Waals surface area contributed by atoms with Crippen molar-refractivity contribution in [3.8, 4) is 11.3 Å². The number of aryl methyl sites for hydroxylation is 1. The van der Waals surface area contributed by atoms with Gasteiger partial charge in [-0.05, 0) is 43.8 Å². The molecule has 2 rings (SSSR count). The molecule has 0 spiro atoms. The van der Waals surface area contributed by atoms with E-state index >= 15 is 0 Å². The Labute approximate surface area is 117 Å². The first-order chi connectivity index (χ1) is 9.65. The summed E-state index contributed by atoms with van der Waals surface area (Å²) in [7, 11) is 1.79. The van der Waals surface area contributed by atoms with Gasteiger partial charge in [0.1, 0.15) is 5.82 Å². The number of hydrogen-bond donors (Lipinski definition) is 1. The fourth-order valence-electron chi connectivity index (χ4n) is 2.04. The summed E-state index contributed by atoms with van der Waals surface area (Å²) in [5.74, 6) is -0.286. The Hall–Kier alpha value is -2.01. The molecule has 0 radical (unpaired) electrons. The molecular formula is C15H18FN3O. The van der Waals surface area contributed by atoms with Gasteiger partial charge < -0.3 is 5.32 Å². The smallest absolute Gasteiger partial charge is 0.271 e. The molecule has 0 unspecified atom stereocenters. The van der Waals surface area contributed by atoms with E-state index in [2.05, 4.69) is 10.4 Å². The Bertz CT molecular complexity index is 604. The predicted molar refractivity (Wildman–Crippen MR) is 76.9 cm³/mol. The zero-order valence-corrected chi connectivity index (χ0v) is 11.7. The Morgan fingerprint density at radius 3 is 2.60 bits per heavy atom. The monoisotopic (exact) mass is 275 g/mol. The lowest BCUT2D eigenvalue weighted by atomic mass is 10.1. The molecule has 0 aliphatic rings. The summed E-state index contributed by atoms with van der Waals surface area (Å²) in [6.45, 7) is 3.06. The van der Waals surface area contributed by atoms with Gasteiger partial charge in [-0.2, -0.15) is 5.10 Å². The minimum atomic E-state index is -0.286. The number of nitrogens with zero attached hydrogens (tertiary/aromatic N) is 2. The van der Waals surface area contributed by atoms with Gasteiger partial charge in [-0.15, -0.1) is 0 Å². The third kappa shape index (κ3) is 3.11. The second-order valence-electron chi connectivity index (χ2n) is 4.62. The summed E-state index contributed by atoms with van der Waals surface area (Å²) in [5, 5.41) is 7.34. The van der Waals surface area contributed by atoms with Crippen molar-refractivity contribution in [2.75, 3.05) is 7.05 Å². The highest BCUT2D eigenvalue weighted by molar-refractivity contribution is 5.58. The maximum atomic E-state index is 13.0. The Morgan fingerprint density at radius 1 is 1.30 bits per heavy atom. The third-order valence-corrected chi connectivity index (χ3v) is 2.99. The van der Waals surface area contributed by atoms with Crippen LogP contribution in [0.4, 0.5) is 4.39 Å². The molecule has 1 aromatic carbocycles. The average molecular weight is 275 g/mol. The van der Waals surface area contributed by atoms with Gasteiger partial charge in [0, 0.05) is 24.2 Å². The summed E-state index contributed by atoms with van der Waals surface area (Å²) in [5.41, 5.74) is 2.07. The first kappa shape index (κ1) is 14.4. The summed E-state index contributed by atoms with van der Waals surface area (Å²) >= 11 is 0. The van der Waals surface area contributed by atoms with E-state index in [1.807, 2.05) is 6.92 Å². The van der Waals surface area contributed by atoms with Crippen LogP contribution in [0.1, 0.15) is 18.9 Å². The summed E-state index contributed by atoms with van der Waals surface area (Å²) in [6.07, 6.45) is 0.832. The highest BCUT2D eigenvalue weighted by Crippen LogP contribution is 2.17. The SMILES string of the molecule is CCCn1nc(-c2ccc(F)cc2)cc(CNC)c1=O. The summed E-state index contributed by atoms with van der Waals surface area (Å²) in [6, 6.07) is 7.88. The van der Waals surface area contributed by atoms with Crippen LogP contribution in [0.2, 0.25) is 0 Å². The van der Waals surface area contributed by atoms with Crippen LogP contribution in [0, 0.1) is 5.82 Å². The number of aromatic nitrogens is 2. The fourth-order valence-corrected chi connectivity index (χ4v) is 2.04. The standard InChI is InChI=1S/C15H18FN3O/c1-3-8-19-15(20)12(10-17-2)9-14(18-19)11-4-6-13(16)7-5-11/h4-7,9,17H,3,8,10H2,1-2H3. The Morgan fingerprint density at radius 2 is 2.00 bits per heavy atom. The van der Waals surface area contributed by atoms with Crippen molar-refractivity contribution >= 4 is 0 Å². The highest BCUT2D eigenvalue weighted by atomic mass is 19.1. The number of hydrogen-bond acceptors (Lipinski definition) is 3. The Balaban J connectivity index is 2.52. The molecule has 1 N–H and O–H groups in total. The van der Waals surface area contributed by atoms with Gasteiger partial charge in [0.2, 0.25) is 0 Å². The van der Waals surface area contributed by atoms with E-state index in [-0.39, 0.29) is 11.4 Å². The normalized spacial score (nSPS) is 10.8. The zero-order valence-electron chi connectivity index (χ0n) is 11.7. The van der Waals surface area contributed by atoms with Crippen molar-refractivity contribution in [3.63, 3.8) is 0 Å².